The lowest BCUT2D eigenvalue weighted by Gasteiger charge is -2.14. The molecule has 0 saturated carbocycles. The normalized spacial score (nSPS) is 10.4. The number of carbonyl (C=O) groups is 4. The number of rotatable bonds is 6. The Hall–Kier alpha value is -3.79. The highest BCUT2D eigenvalue weighted by molar-refractivity contribution is 7.18. The van der Waals surface area contributed by atoms with Crippen LogP contribution in [0.5, 0.6) is 17.2 Å². The molecule has 0 radical (unpaired) electrons. The van der Waals surface area contributed by atoms with Crippen LogP contribution in [0.3, 0.4) is 0 Å². The van der Waals surface area contributed by atoms with Crippen molar-refractivity contribution in [2.24, 2.45) is 0 Å². The van der Waals surface area contributed by atoms with E-state index in [0.29, 0.717) is 5.01 Å². The molecule has 0 spiro atoms. The zero-order chi connectivity index (χ0) is 22.5. The van der Waals surface area contributed by atoms with Crippen molar-refractivity contribution in [3.63, 3.8) is 0 Å². The summed E-state index contributed by atoms with van der Waals surface area (Å²) in [7, 11) is 0. The fraction of sp³-hybridized carbons (Fsp3) is 0.190. The van der Waals surface area contributed by atoms with Crippen LogP contribution in [-0.2, 0) is 25.7 Å². The summed E-state index contributed by atoms with van der Waals surface area (Å²) in [6.07, 6.45) is 0. The first-order chi connectivity index (χ1) is 14.7. The second-order valence-electron chi connectivity index (χ2n) is 6.23. The summed E-state index contributed by atoms with van der Waals surface area (Å²) in [6, 6.07) is 9.81. The van der Waals surface area contributed by atoms with Crippen LogP contribution >= 0.6 is 11.3 Å². The third-order valence-electron chi connectivity index (χ3n) is 3.67. The Morgan fingerprint density at radius 1 is 0.871 bits per heavy atom. The summed E-state index contributed by atoms with van der Waals surface area (Å²) in [6.45, 7) is 3.29. The Labute approximate surface area is 180 Å². The minimum Gasteiger partial charge on any atom is -0.455 e. The van der Waals surface area contributed by atoms with Gasteiger partial charge in [-0.05, 0) is 24.3 Å². The summed E-state index contributed by atoms with van der Waals surface area (Å²) in [5.74, 6) is -3.84. The van der Waals surface area contributed by atoms with E-state index in [-0.39, 0.29) is 29.4 Å². The molecule has 1 heterocycles. The van der Waals surface area contributed by atoms with E-state index in [2.05, 4.69) is 4.98 Å². The van der Waals surface area contributed by atoms with Crippen LogP contribution in [-0.4, -0.2) is 28.9 Å². The van der Waals surface area contributed by atoms with E-state index in [9.17, 15) is 19.2 Å². The SMILES string of the molecule is CC(=O)Oc1cc(C(=O)OCc2nc3ccccc3s2)cc(OC(C)=O)c1OC(C)=O. The van der Waals surface area contributed by atoms with Gasteiger partial charge in [-0.25, -0.2) is 9.78 Å². The molecule has 0 N–H and O–H groups in total. The first kappa shape index (κ1) is 21.9. The summed E-state index contributed by atoms with van der Waals surface area (Å²) in [5.41, 5.74) is 0.711. The van der Waals surface area contributed by atoms with Crippen molar-refractivity contribution in [2.75, 3.05) is 0 Å². The third kappa shape index (κ3) is 5.64. The highest BCUT2D eigenvalue weighted by atomic mass is 32.1. The second kappa shape index (κ2) is 9.35. The van der Waals surface area contributed by atoms with Gasteiger partial charge in [-0.1, -0.05) is 12.1 Å². The van der Waals surface area contributed by atoms with Gasteiger partial charge in [0.05, 0.1) is 15.8 Å². The van der Waals surface area contributed by atoms with Crippen LogP contribution in [0, 0.1) is 0 Å². The number of para-hydroxylation sites is 1. The van der Waals surface area contributed by atoms with Crippen LogP contribution < -0.4 is 14.2 Å². The van der Waals surface area contributed by atoms with E-state index in [1.165, 1.54) is 11.3 Å². The van der Waals surface area contributed by atoms with Crippen LogP contribution in [0.15, 0.2) is 36.4 Å². The minimum atomic E-state index is -0.782. The Bertz CT molecular complexity index is 1110. The number of hydrogen-bond donors (Lipinski definition) is 0. The number of nitrogens with zero attached hydrogens (tertiary/aromatic N) is 1. The van der Waals surface area contributed by atoms with Crippen molar-refractivity contribution in [3.8, 4) is 17.2 Å². The Morgan fingerprint density at radius 3 is 2.00 bits per heavy atom. The van der Waals surface area contributed by atoms with Gasteiger partial charge < -0.3 is 18.9 Å². The number of esters is 4. The topological polar surface area (TPSA) is 118 Å². The number of benzene rings is 2. The van der Waals surface area contributed by atoms with Crippen molar-refractivity contribution in [2.45, 2.75) is 27.4 Å². The monoisotopic (exact) mass is 443 g/mol. The fourth-order valence-corrected chi connectivity index (χ4v) is 3.47. The molecular weight excluding hydrogens is 426 g/mol. The average molecular weight is 443 g/mol. The maximum Gasteiger partial charge on any atom is 0.338 e. The summed E-state index contributed by atoms with van der Waals surface area (Å²) in [4.78, 5) is 51.4. The van der Waals surface area contributed by atoms with E-state index in [1.807, 2.05) is 24.3 Å². The number of aromatic nitrogens is 1. The van der Waals surface area contributed by atoms with Crippen LogP contribution in [0.1, 0.15) is 36.1 Å². The quantitative estimate of drug-likeness (QED) is 0.417. The fourth-order valence-electron chi connectivity index (χ4n) is 2.59. The van der Waals surface area contributed by atoms with E-state index >= 15 is 0 Å². The van der Waals surface area contributed by atoms with Crippen LogP contribution in [0.2, 0.25) is 0 Å². The van der Waals surface area contributed by atoms with Crippen LogP contribution in [0.4, 0.5) is 0 Å². The molecule has 0 saturated heterocycles. The summed E-state index contributed by atoms with van der Waals surface area (Å²) >= 11 is 1.38. The zero-order valence-corrected chi connectivity index (χ0v) is 17.6. The maximum absolute atomic E-state index is 12.6. The van der Waals surface area contributed by atoms with Crippen molar-refractivity contribution in [3.05, 3.63) is 47.0 Å². The molecule has 0 unspecified atom stereocenters. The Kier molecular flexibility index (Phi) is 6.61. The Morgan fingerprint density at radius 2 is 1.45 bits per heavy atom. The average Bonchev–Trinajstić information content (AvgIpc) is 3.10. The van der Waals surface area contributed by atoms with Crippen molar-refractivity contribution < 1.29 is 38.1 Å². The molecule has 0 aliphatic rings. The molecule has 31 heavy (non-hydrogen) atoms. The molecule has 0 bridgehead atoms. The molecule has 0 aliphatic heterocycles. The van der Waals surface area contributed by atoms with Crippen molar-refractivity contribution >= 4 is 45.4 Å². The molecule has 2 aromatic carbocycles. The minimum absolute atomic E-state index is 0.0792. The first-order valence-electron chi connectivity index (χ1n) is 8.98. The number of carbonyl (C=O) groups excluding carboxylic acids is 4. The molecule has 0 fully saturated rings. The van der Waals surface area contributed by atoms with Gasteiger partial charge in [0.15, 0.2) is 11.5 Å². The molecular formula is C21H17NO8S. The molecule has 10 heteroatoms. The predicted molar refractivity (Wildman–Crippen MR) is 109 cm³/mol. The number of ether oxygens (including phenoxy) is 4. The maximum atomic E-state index is 12.6. The molecule has 3 rings (SSSR count). The van der Waals surface area contributed by atoms with E-state index in [1.54, 1.807) is 0 Å². The molecule has 0 atom stereocenters. The van der Waals surface area contributed by atoms with Gasteiger partial charge in [0.25, 0.3) is 0 Å². The summed E-state index contributed by atoms with van der Waals surface area (Å²) < 4.78 is 21.4. The van der Waals surface area contributed by atoms with Crippen molar-refractivity contribution in [1.29, 1.82) is 0 Å². The third-order valence-corrected chi connectivity index (χ3v) is 4.68. The second-order valence-corrected chi connectivity index (χ2v) is 7.35. The smallest absolute Gasteiger partial charge is 0.338 e. The Balaban J connectivity index is 1.90. The van der Waals surface area contributed by atoms with Crippen molar-refractivity contribution in [1.82, 2.24) is 4.98 Å². The highest BCUT2D eigenvalue weighted by Crippen LogP contribution is 2.39. The van der Waals surface area contributed by atoms with Gasteiger partial charge in [0.2, 0.25) is 5.75 Å². The van der Waals surface area contributed by atoms with Gasteiger partial charge in [-0.2, -0.15) is 0 Å². The van der Waals surface area contributed by atoms with Crippen LogP contribution in [0.25, 0.3) is 10.2 Å². The largest absolute Gasteiger partial charge is 0.455 e. The zero-order valence-electron chi connectivity index (χ0n) is 16.8. The number of hydrogen-bond acceptors (Lipinski definition) is 10. The molecule has 0 aliphatic carbocycles. The first-order valence-corrected chi connectivity index (χ1v) is 9.79. The van der Waals surface area contributed by atoms with Gasteiger partial charge >= 0.3 is 23.9 Å². The standard InChI is InChI=1S/C21H17NO8S/c1-11(23)28-16-8-14(9-17(29-12(2)24)20(16)30-13(3)25)21(26)27-10-19-22-15-6-4-5-7-18(15)31-19/h4-9H,10H2,1-3H3. The molecule has 160 valence electrons. The molecule has 1 aromatic heterocycles. The predicted octanol–water partition coefficient (Wildman–Crippen LogP) is 3.43. The van der Waals surface area contributed by atoms with Gasteiger partial charge in [-0.3, -0.25) is 14.4 Å². The van der Waals surface area contributed by atoms with E-state index < -0.39 is 23.9 Å². The molecule has 9 nitrogen and oxygen atoms in total. The van der Waals surface area contributed by atoms with E-state index in [4.69, 9.17) is 18.9 Å². The number of fused-ring (bicyclic) bond motifs is 1. The van der Waals surface area contributed by atoms with E-state index in [0.717, 1.165) is 43.1 Å². The van der Waals surface area contributed by atoms with Gasteiger partial charge in [0, 0.05) is 20.8 Å². The lowest BCUT2D eigenvalue weighted by Crippen LogP contribution is -2.13. The lowest BCUT2D eigenvalue weighted by molar-refractivity contribution is -0.135. The molecule has 3 aromatic rings. The van der Waals surface area contributed by atoms with Gasteiger partial charge in [0.1, 0.15) is 11.6 Å². The highest BCUT2D eigenvalue weighted by Gasteiger charge is 2.23. The molecule has 0 amide bonds. The lowest BCUT2D eigenvalue weighted by atomic mass is 10.2. The summed E-state index contributed by atoms with van der Waals surface area (Å²) in [5, 5.41) is 0.589. The van der Waals surface area contributed by atoms with Gasteiger partial charge in [-0.15, -0.1) is 11.3 Å². The number of thiazole rings is 1.